The van der Waals surface area contributed by atoms with Crippen LogP contribution in [0.5, 0.6) is 0 Å². The predicted molar refractivity (Wildman–Crippen MR) is 74.2 cm³/mol. The minimum atomic E-state index is -0.426. The van der Waals surface area contributed by atoms with Gasteiger partial charge in [-0.25, -0.2) is 0 Å². The number of benzene rings is 1. The molecule has 1 aliphatic carbocycles. The van der Waals surface area contributed by atoms with Crippen molar-refractivity contribution in [1.29, 1.82) is 0 Å². The van der Waals surface area contributed by atoms with E-state index < -0.39 is 6.10 Å². The molecule has 0 amide bonds. The third-order valence-electron chi connectivity index (χ3n) is 2.61. The molecule has 2 nitrogen and oxygen atoms in total. The topological polar surface area (TPSA) is 32.6 Å². The van der Waals surface area contributed by atoms with E-state index in [-0.39, 0.29) is 0 Å². The summed E-state index contributed by atoms with van der Waals surface area (Å²) < 4.78 is 0. The number of hydrogen-bond acceptors (Lipinski definition) is 3. The van der Waals surface area contributed by atoms with Crippen LogP contribution in [0.15, 0.2) is 58.0 Å². The van der Waals surface area contributed by atoms with Gasteiger partial charge in [-0.15, -0.1) is 11.8 Å². The van der Waals surface area contributed by atoms with Crippen molar-refractivity contribution >= 4 is 23.7 Å². The highest BCUT2D eigenvalue weighted by atomic mass is 32.2. The number of aliphatic hydroxyl groups is 1. The fraction of sp³-hybridized carbons (Fsp3) is 0.214. The van der Waals surface area contributed by atoms with Crippen molar-refractivity contribution in [2.45, 2.75) is 17.4 Å². The SMILES string of the molecule is CSc1ccccc1N=CC1=CC=CCC1O. The highest BCUT2D eigenvalue weighted by Gasteiger charge is 2.09. The molecule has 0 saturated heterocycles. The first-order chi connectivity index (χ1) is 8.31. The molecule has 0 fully saturated rings. The first-order valence-electron chi connectivity index (χ1n) is 5.53. The Bertz CT molecular complexity index is 477. The Balaban J connectivity index is 2.20. The molecule has 0 spiro atoms. The maximum absolute atomic E-state index is 9.76. The summed E-state index contributed by atoms with van der Waals surface area (Å²) in [7, 11) is 0. The van der Waals surface area contributed by atoms with Gasteiger partial charge in [0.15, 0.2) is 0 Å². The van der Waals surface area contributed by atoms with Crippen LogP contribution in [0.3, 0.4) is 0 Å². The summed E-state index contributed by atoms with van der Waals surface area (Å²) in [4.78, 5) is 5.59. The molecule has 0 bridgehead atoms. The second-order valence-corrected chi connectivity index (χ2v) is 4.62. The Morgan fingerprint density at radius 3 is 3.00 bits per heavy atom. The van der Waals surface area contributed by atoms with Gasteiger partial charge in [0.05, 0.1) is 11.8 Å². The number of hydrogen-bond donors (Lipinski definition) is 1. The van der Waals surface area contributed by atoms with Gasteiger partial charge < -0.3 is 5.11 Å². The summed E-state index contributed by atoms with van der Waals surface area (Å²) >= 11 is 1.67. The third kappa shape index (κ3) is 3.08. The molecule has 1 aromatic rings. The van der Waals surface area contributed by atoms with Crippen LogP contribution in [0.1, 0.15) is 6.42 Å². The second kappa shape index (κ2) is 5.84. The van der Waals surface area contributed by atoms with Crippen LogP contribution < -0.4 is 0 Å². The molecule has 1 aliphatic rings. The summed E-state index contributed by atoms with van der Waals surface area (Å²) in [6.07, 6.45) is 9.84. The van der Waals surface area contributed by atoms with Gasteiger partial charge in [0, 0.05) is 11.1 Å². The van der Waals surface area contributed by atoms with Crippen LogP contribution in [-0.4, -0.2) is 23.7 Å². The lowest BCUT2D eigenvalue weighted by atomic mass is 10.0. The molecule has 17 heavy (non-hydrogen) atoms. The van der Waals surface area contributed by atoms with Gasteiger partial charge in [-0.3, -0.25) is 4.99 Å². The van der Waals surface area contributed by atoms with Gasteiger partial charge in [-0.1, -0.05) is 30.4 Å². The largest absolute Gasteiger partial charge is 0.388 e. The average Bonchev–Trinajstić information content (AvgIpc) is 2.38. The summed E-state index contributed by atoms with van der Waals surface area (Å²) in [5, 5.41) is 9.76. The van der Waals surface area contributed by atoms with Crippen LogP contribution in [-0.2, 0) is 0 Å². The maximum atomic E-state index is 9.76. The number of rotatable bonds is 3. The summed E-state index contributed by atoms with van der Waals surface area (Å²) in [6, 6.07) is 8.00. The van der Waals surface area contributed by atoms with E-state index in [2.05, 4.69) is 4.99 Å². The fourth-order valence-electron chi connectivity index (χ4n) is 1.64. The van der Waals surface area contributed by atoms with Crippen LogP contribution >= 0.6 is 11.8 Å². The maximum Gasteiger partial charge on any atom is 0.0839 e. The number of aliphatic imine (C=N–C) groups is 1. The third-order valence-corrected chi connectivity index (χ3v) is 3.39. The van der Waals surface area contributed by atoms with Crippen LogP contribution in [0.25, 0.3) is 0 Å². The van der Waals surface area contributed by atoms with Gasteiger partial charge in [-0.05, 0) is 30.4 Å². The van der Waals surface area contributed by atoms with Crippen molar-refractivity contribution in [2.75, 3.05) is 6.26 Å². The minimum absolute atomic E-state index is 0.426. The quantitative estimate of drug-likeness (QED) is 0.654. The van der Waals surface area contributed by atoms with E-state index in [0.29, 0.717) is 6.42 Å². The van der Waals surface area contributed by atoms with Gasteiger partial charge in [0.25, 0.3) is 0 Å². The minimum Gasteiger partial charge on any atom is -0.388 e. The number of nitrogens with zero attached hydrogens (tertiary/aromatic N) is 1. The molecule has 0 saturated carbocycles. The molecule has 0 radical (unpaired) electrons. The Morgan fingerprint density at radius 2 is 2.24 bits per heavy atom. The van der Waals surface area contributed by atoms with Crippen molar-refractivity contribution in [3.63, 3.8) is 0 Å². The van der Waals surface area contributed by atoms with E-state index in [1.165, 1.54) is 0 Å². The molecule has 1 N–H and O–H groups in total. The lowest BCUT2D eigenvalue weighted by molar-refractivity contribution is 0.220. The molecule has 0 aliphatic heterocycles. The van der Waals surface area contributed by atoms with E-state index in [0.717, 1.165) is 16.2 Å². The van der Waals surface area contributed by atoms with E-state index in [1.54, 1.807) is 18.0 Å². The summed E-state index contributed by atoms with van der Waals surface area (Å²) in [5.74, 6) is 0. The predicted octanol–water partition coefficient (Wildman–Crippen LogP) is 3.36. The first kappa shape index (κ1) is 12.1. The van der Waals surface area contributed by atoms with E-state index in [1.807, 2.05) is 48.7 Å². The first-order valence-corrected chi connectivity index (χ1v) is 6.75. The number of allylic oxidation sites excluding steroid dienone is 2. The zero-order valence-electron chi connectivity index (χ0n) is 9.71. The van der Waals surface area contributed by atoms with Crippen LogP contribution in [0.2, 0.25) is 0 Å². The van der Waals surface area contributed by atoms with Crippen molar-refractivity contribution in [1.82, 2.24) is 0 Å². The Morgan fingerprint density at radius 1 is 1.41 bits per heavy atom. The van der Waals surface area contributed by atoms with E-state index in [9.17, 15) is 5.11 Å². The molecule has 2 rings (SSSR count). The molecule has 1 aromatic carbocycles. The van der Waals surface area contributed by atoms with Crippen molar-refractivity contribution < 1.29 is 5.11 Å². The van der Waals surface area contributed by atoms with E-state index in [4.69, 9.17) is 0 Å². The zero-order chi connectivity index (χ0) is 12.1. The molecule has 88 valence electrons. The van der Waals surface area contributed by atoms with Crippen molar-refractivity contribution in [3.8, 4) is 0 Å². The molecular weight excluding hydrogens is 230 g/mol. The van der Waals surface area contributed by atoms with Gasteiger partial charge in [-0.2, -0.15) is 0 Å². The number of thioether (sulfide) groups is 1. The Hall–Kier alpha value is -1.32. The monoisotopic (exact) mass is 245 g/mol. The average molecular weight is 245 g/mol. The highest BCUT2D eigenvalue weighted by molar-refractivity contribution is 7.98. The Kier molecular flexibility index (Phi) is 4.18. The lowest BCUT2D eigenvalue weighted by Gasteiger charge is -2.11. The van der Waals surface area contributed by atoms with Gasteiger partial charge in [0.2, 0.25) is 0 Å². The molecular formula is C14H15NOS. The molecule has 0 aromatic heterocycles. The van der Waals surface area contributed by atoms with Crippen LogP contribution in [0.4, 0.5) is 5.69 Å². The Labute approximate surface area is 106 Å². The van der Waals surface area contributed by atoms with Crippen molar-refractivity contribution in [3.05, 3.63) is 48.1 Å². The molecule has 1 atom stereocenters. The number of aliphatic hydroxyl groups excluding tert-OH is 1. The van der Waals surface area contributed by atoms with Crippen LogP contribution in [0, 0.1) is 0 Å². The highest BCUT2D eigenvalue weighted by Crippen LogP contribution is 2.27. The van der Waals surface area contributed by atoms with Crippen molar-refractivity contribution in [2.24, 2.45) is 4.99 Å². The van der Waals surface area contributed by atoms with Gasteiger partial charge in [0.1, 0.15) is 0 Å². The van der Waals surface area contributed by atoms with E-state index >= 15 is 0 Å². The lowest BCUT2D eigenvalue weighted by Crippen LogP contribution is -2.12. The number of para-hydroxylation sites is 1. The summed E-state index contributed by atoms with van der Waals surface area (Å²) in [6.45, 7) is 0. The fourth-order valence-corrected chi connectivity index (χ4v) is 2.19. The molecule has 1 unspecified atom stereocenters. The molecule has 0 heterocycles. The normalized spacial score (nSPS) is 19.6. The second-order valence-electron chi connectivity index (χ2n) is 3.78. The zero-order valence-corrected chi connectivity index (χ0v) is 10.5. The summed E-state index contributed by atoms with van der Waals surface area (Å²) in [5.41, 5.74) is 1.81. The smallest absolute Gasteiger partial charge is 0.0839 e. The van der Waals surface area contributed by atoms with Gasteiger partial charge >= 0.3 is 0 Å². The standard InChI is InChI=1S/C14H15NOS/c1-17-14-9-5-3-7-12(14)15-10-11-6-2-4-8-13(11)16/h2-7,9-10,13,16H,8H2,1H3. The molecule has 3 heteroatoms.